The van der Waals surface area contributed by atoms with E-state index in [-0.39, 0.29) is 6.04 Å². The van der Waals surface area contributed by atoms with Gasteiger partial charge >= 0.3 is 0 Å². The summed E-state index contributed by atoms with van der Waals surface area (Å²) in [5.74, 6) is 0. The zero-order valence-electron chi connectivity index (χ0n) is 11.3. The Morgan fingerprint density at radius 1 is 1.11 bits per heavy atom. The summed E-state index contributed by atoms with van der Waals surface area (Å²) in [6.07, 6.45) is 0. The highest BCUT2D eigenvalue weighted by Gasteiger charge is 2.10. The molecule has 0 aliphatic carbocycles. The molecular formula is C16H19BrN2. The van der Waals surface area contributed by atoms with Gasteiger partial charge < -0.3 is 11.1 Å². The minimum absolute atomic E-state index is 0.125. The molecule has 0 spiro atoms. The van der Waals surface area contributed by atoms with Gasteiger partial charge in [0.2, 0.25) is 0 Å². The molecule has 2 aromatic carbocycles. The van der Waals surface area contributed by atoms with Crippen molar-refractivity contribution in [2.75, 3.05) is 11.9 Å². The topological polar surface area (TPSA) is 38.0 Å². The zero-order chi connectivity index (χ0) is 13.8. The lowest BCUT2D eigenvalue weighted by Gasteiger charge is -2.19. The highest BCUT2D eigenvalue weighted by atomic mass is 79.9. The van der Waals surface area contributed by atoms with Gasteiger partial charge in [-0.3, -0.25) is 0 Å². The highest BCUT2D eigenvalue weighted by Crippen LogP contribution is 2.24. The Balaban J connectivity index is 2.19. The second kappa shape index (κ2) is 6.22. The van der Waals surface area contributed by atoms with Crippen molar-refractivity contribution in [3.05, 3.63) is 63.6 Å². The summed E-state index contributed by atoms with van der Waals surface area (Å²) in [5.41, 5.74) is 10.7. The molecule has 19 heavy (non-hydrogen) atoms. The lowest BCUT2D eigenvalue weighted by molar-refractivity contribution is 0.789. The molecule has 3 N–H and O–H groups in total. The van der Waals surface area contributed by atoms with Gasteiger partial charge in [-0.2, -0.15) is 0 Å². The zero-order valence-corrected chi connectivity index (χ0v) is 12.9. The van der Waals surface area contributed by atoms with Crippen LogP contribution in [0, 0.1) is 13.8 Å². The lowest BCUT2D eigenvalue weighted by Crippen LogP contribution is -2.20. The summed E-state index contributed by atoms with van der Waals surface area (Å²) in [6, 6.07) is 14.9. The first-order valence-electron chi connectivity index (χ1n) is 6.39. The van der Waals surface area contributed by atoms with Gasteiger partial charge in [-0.25, -0.2) is 0 Å². The number of aryl methyl sites for hydroxylation is 2. The minimum atomic E-state index is 0.125. The molecule has 2 nitrogen and oxygen atoms in total. The second-order valence-corrected chi connectivity index (χ2v) is 5.66. The van der Waals surface area contributed by atoms with Crippen molar-refractivity contribution in [2.45, 2.75) is 19.9 Å². The number of nitrogens with two attached hydrogens (primary N) is 1. The van der Waals surface area contributed by atoms with Crippen LogP contribution in [0.1, 0.15) is 22.7 Å². The summed E-state index contributed by atoms with van der Waals surface area (Å²) in [5, 5.41) is 3.47. The third-order valence-corrected chi connectivity index (χ3v) is 4.08. The van der Waals surface area contributed by atoms with E-state index < -0.39 is 0 Å². The summed E-state index contributed by atoms with van der Waals surface area (Å²) in [7, 11) is 0. The molecule has 0 radical (unpaired) electrons. The number of nitrogens with one attached hydrogen (secondary N) is 1. The van der Waals surface area contributed by atoms with Crippen LogP contribution in [-0.2, 0) is 0 Å². The molecule has 100 valence electrons. The van der Waals surface area contributed by atoms with E-state index in [0.29, 0.717) is 6.54 Å². The minimum Gasteiger partial charge on any atom is -0.377 e. The van der Waals surface area contributed by atoms with Crippen molar-refractivity contribution in [1.29, 1.82) is 0 Å². The van der Waals surface area contributed by atoms with E-state index in [9.17, 15) is 0 Å². The van der Waals surface area contributed by atoms with Crippen molar-refractivity contribution in [2.24, 2.45) is 5.73 Å². The van der Waals surface area contributed by atoms with Gasteiger partial charge in [-0.15, -0.1) is 0 Å². The third-order valence-electron chi connectivity index (χ3n) is 3.23. The van der Waals surface area contributed by atoms with Gasteiger partial charge in [0.15, 0.2) is 0 Å². The lowest BCUT2D eigenvalue weighted by atomic mass is 10.0. The second-order valence-electron chi connectivity index (χ2n) is 4.81. The van der Waals surface area contributed by atoms with E-state index in [1.165, 1.54) is 16.7 Å². The van der Waals surface area contributed by atoms with Gasteiger partial charge in [0.25, 0.3) is 0 Å². The molecule has 0 aliphatic rings. The van der Waals surface area contributed by atoms with E-state index >= 15 is 0 Å². The van der Waals surface area contributed by atoms with Crippen LogP contribution < -0.4 is 11.1 Å². The van der Waals surface area contributed by atoms with Crippen LogP contribution in [0.3, 0.4) is 0 Å². The number of hydrogen-bond donors (Lipinski definition) is 2. The molecular weight excluding hydrogens is 300 g/mol. The average Bonchev–Trinajstić information content (AvgIpc) is 2.41. The van der Waals surface area contributed by atoms with Gasteiger partial charge in [0.05, 0.1) is 6.04 Å². The molecule has 0 amide bonds. The molecule has 1 unspecified atom stereocenters. The molecule has 0 aliphatic heterocycles. The number of rotatable bonds is 4. The quantitative estimate of drug-likeness (QED) is 0.887. The Morgan fingerprint density at radius 2 is 1.79 bits per heavy atom. The first kappa shape index (κ1) is 14.1. The number of benzene rings is 2. The number of anilines is 1. The van der Waals surface area contributed by atoms with Crippen LogP contribution in [-0.4, -0.2) is 6.54 Å². The number of hydrogen-bond acceptors (Lipinski definition) is 2. The average molecular weight is 319 g/mol. The first-order chi connectivity index (χ1) is 9.10. The monoisotopic (exact) mass is 318 g/mol. The Morgan fingerprint density at radius 3 is 2.37 bits per heavy atom. The molecule has 0 heterocycles. The molecule has 0 saturated heterocycles. The predicted molar refractivity (Wildman–Crippen MR) is 85.5 cm³/mol. The molecule has 3 heteroatoms. The SMILES string of the molecule is Cc1ccc(NC(CN)c2ccc(C)c(Br)c2)cc1. The summed E-state index contributed by atoms with van der Waals surface area (Å²) >= 11 is 3.57. The van der Waals surface area contributed by atoms with Crippen molar-refractivity contribution in [3.8, 4) is 0 Å². The first-order valence-corrected chi connectivity index (χ1v) is 7.19. The maximum Gasteiger partial charge on any atom is 0.0636 e. The number of halogens is 1. The van der Waals surface area contributed by atoms with Gasteiger partial charge in [0.1, 0.15) is 0 Å². The maximum atomic E-state index is 5.89. The summed E-state index contributed by atoms with van der Waals surface area (Å²) in [4.78, 5) is 0. The molecule has 2 rings (SSSR count). The third kappa shape index (κ3) is 3.58. The van der Waals surface area contributed by atoms with E-state index in [4.69, 9.17) is 5.73 Å². The van der Waals surface area contributed by atoms with Crippen LogP contribution in [0.15, 0.2) is 46.9 Å². The molecule has 0 saturated carbocycles. The van der Waals surface area contributed by atoms with E-state index in [0.717, 1.165) is 10.2 Å². The normalized spacial score (nSPS) is 12.2. The van der Waals surface area contributed by atoms with Crippen LogP contribution >= 0.6 is 15.9 Å². The predicted octanol–water partition coefficient (Wildman–Crippen LogP) is 4.18. The van der Waals surface area contributed by atoms with Crippen molar-refractivity contribution in [3.63, 3.8) is 0 Å². The van der Waals surface area contributed by atoms with Gasteiger partial charge in [-0.1, -0.05) is 45.8 Å². The smallest absolute Gasteiger partial charge is 0.0636 e. The molecule has 0 aromatic heterocycles. The molecule has 2 aromatic rings. The Kier molecular flexibility index (Phi) is 4.61. The highest BCUT2D eigenvalue weighted by molar-refractivity contribution is 9.10. The summed E-state index contributed by atoms with van der Waals surface area (Å²) in [6.45, 7) is 4.73. The van der Waals surface area contributed by atoms with E-state index in [2.05, 4.69) is 77.6 Å². The standard InChI is InChI=1S/C16H19BrN2/c1-11-3-7-14(8-4-11)19-16(10-18)13-6-5-12(2)15(17)9-13/h3-9,16,19H,10,18H2,1-2H3. The molecule has 0 bridgehead atoms. The van der Waals surface area contributed by atoms with Gasteiger partial charge in [-0.05, 0) is 43.2 Å². The van der Waals surface area contributed by atoms with Crippen LogP contribution in [0.5, 0.6) is 0 Å². The Bertz CT molecular complexity index is 549. The van der Waals surface area contributed by atoms with E-state index in [1.54, 1.807) is 0 Å². The maximum absolute atomic E-state index is 5.89. The summed E-state index contributed by atoms with van der Waals surface area (Å²) < 4.78 is 1.12. The largest absolute Gasteiger partial charge is 0.377 e. The fourth-order valence-corrected chi connectivity index (χ4v) is 2.35. The molecule has 0 fully saturated rings. The van der Waals surface area contributed by atoms with Crippen molar-refractivity contribution >= 4 is 21.6 Å². The fraction of sp³-hybridized carbons (Fsp3) is 0.250. The van der Waals surface area contributed by atoms with Crippen LogP contribution in [0.25, 0.3) is 0 Å². The van der Waals surface area contributed by atoms with Gasteiger partial charge in [0, 0.05) is 16.7 Å². The Hall–Kier alpha value is -1.32. The van der Waals surface area contributed by atoms with Crippen LogP contribution in [0.2, 0.25) is 0 Å². The van der Waals surface area contributed by atoms with Crippen molar-refractivity contribution in [1.82, 2.24) is 0 Å². The Labute approximate surface area is 123 Å². The molecule has 1 atom stereocenters. The fourth-order valence-electron chi connectivity index (χ4n) is 1.96. The van der Waals surface area contributed by atoms with E-state index in [1.807, 2.05) is 0 Å². The van der Waals surface area contributed by atoms with Crippen molar-refractivity contribution < 1.29 is 0 Å². The van der Waals surface area contributed by atoms with Crippen LogP contribution in [0.4, 0.5) is 5.69 Å².